The van der Waals surface area contributed by atoms with Gasteiger partial charge in [-0.1, -0.05) is 11.8 Å². The number of carbonyl (C=O) groups excluding carboxylic acids is 1. The lowest BCUT2D eigenvalue weighted by Gasteiger charge is -2.04. The van der Waals surface area contributed by atoms with Gasteiger partial charge in [-0.05, 0) is 41.6 Å². The van der Waals surface area contributed by atoms with Gasteiger partial charge in [-0.3, -0.25) is 15.1 Å². The van der Waals surface area contributed by atoms with E-state index in [2.05, 4.69) is 20.7 Å². The highest BCUT2D eigenvalue weighted by atomic mass is 32.2. The topological polar surface area (TPSA) is 76.5 Å². The number of nitrogens with zero attached hydrogens (tertiary/aromatic N) is 3. The van der Waals surface area contributed by atoms with Gasteiger partial charge in [0, 0.05) is 17.7 Å². The van der Waals surface area contributed by atoms with Gasteiger partial charge in [0.25, 0.3) is 0 Å². The molecule has 25 heavy (non-hydrogen) atoms. The Morgan fingerprint density at radius 2 is 2.40 bits per heavy atom. The standard InChI is InChI=1S/C16H16N4O2S3/c1-23-16-19-15(20-25-16)18-13(21)7-11-8-24-14(17-11)10-2-3-12-9(6-10)4-5-22-12/h2-3,6,11H,4-5,7-8H2,1H3,(H,18,20,21). The fourth-order valence-corrected chi connectivity index (χ4v) is 4.76. The SMILES string of the molecule is CSc1nc(NC(=O)CC2CSC(c3ccc4c(c3)CCO4)=N2)ns1. The molecule has 1 unspecified atom stereocenters. The number of nitrogens with one attached hydrogen (secondary N) is 1. The molecule has 9 heteroatoms. The molecule has 0 saturated heterocycles. The fraction of sp³-hybridized carbons (Fsp3) is 0.375. The average Bonchev–Trinajstić information content (AvgIpc) is 3.34. The molecule has 2 aliphatic heterocycles. The molecule has 2 aromatic rings. The summed E-state index contributed by atoms with van der Waals surface area (Å²) < 4.78 is 10.5. The van der Waals surface area contributed by atoms with Crippen molar-refractivity contribution < 1.29 is 9.53 Å². The molecule has 1 aromatic heterocycles. The van der Waals surface area contributed by atoms with Crippen LogP contribution >= 0.6 is 35.1 Å². The molecule has 1 atom stereocenters. The average molecular weight is 393 g/mol. The first-order chi connectivity index (χ1) is 12.2. The molecule has 4 rings (SSSR count). The Hall–Kier alpha value is -1.58. The number of aromatic nitrogens is 2. The van der Waals surface area contributed by atoms with Crippen molar-refractivity contribution in [3.8, 4) is 5.75 Å². The second-order valence-corrected chi connectivity index (χ2v) is 8.47. The van der Waals surface area contributed by atoms with Crippen molar-refractivity contribution >= 4 is 52.0 Å². The predicted octanol–water partition coefficient (Wildman–Crippen LogP) is 3.09. The zero-order chi connectivity index (χ0) is 17.2. The van der Waals surface area contributed by atoms with Crippen LogP contribution in [0.2, 0.25) is 0 Å². The number of anilines is 1. The molecule has 1 N–H and O–H groups in total. The van der Waals surface area contributed by atoms with Gasteiger partial charge >= 0.3 is 0 Å². The number of ether oxygens (including phenoxy) is 1. The van der Waals surface area contributed by atoms with Gasteiger partial charge in [0.15, 0.2) is 4.34 Å². The lowest BCUT2D eigenvalue weighted by atomic mass is 10.1. The summed E-state index contributed by atoms with van der Waals surface area (Å²) in [7, 11) is 0. The van der Waals surface area contributed by atoms with Crippen LogP contribution in [0.15, 0.2) is 27.5 Å². The Morgan fingerprint density at radius 1 is 1.48 bits per heavy atom. The maximum absolute atomic E-state index is 12.2. The van der Waals surface area contributed by atoms with Gasteiger partial charge in [-0.15, -0.1) is 11.8 Å². The molecule has 130 valence electrons. The third-order valence-electron chi connectivity index (χ3n) is 3.90. The monoisotopic (exact) mass is 392 g/mol. The van der Waals surface area contributed by atoms with Crippen molar-refractivity contribution in [2.75, 3.05) is 23.9 Å². The maximum atomic E-state index is 12.2. The summed E-state index contributed by atoms with van der Waals surface area (Å²) in [5.41, 5.74) is 2.35. The minimum absolute atomic E-state index is 0.0110. The van der Waals surface area contributed by atoms with Crippen LogP contribution in [-0.2, 0) is 11.2 Å². The van der Waals surface area contributed by atoms with E-state index in [-0.39, 0.29) is 11.9 Å². The molecule has 3 heterocycles. The van der Waals surface area contributed by atoms with Gasteiger partial charge in [-0.2, -0.15) is 9.36 Å². The predicted molar refractivity (Wildman–Crippen MR) is 103 cm³/mol. The van der Waals surface area contributed by atoms with Crippen molar-refractivity contribution in [3.05, 3.63) is 29.3 Å². The molecule has 1 amide bonds. The Bertz CT molecular complexity index is 837. The van der Waals surface area contributed by atoms with E-state index in [1.807, 2.05) is 18.4 Å². The van der Waals surface area contributed by atoms with Crippen molar-refractivity contribution in [2.45, 2.75) is 23.2 Å². The maximum Gasteiger partial charge on any atom is 0.242 e. The van der Waals surface area contributed by atoms with Crippen LogP contribution in [0.4, 0.5) is 5.95 Å². The number of amides is 1. The molecule has 1 aromatic carbocycles. The Kier molecular flexibility index (Phi) is 4.96. The molecule has 0 spiro atoms. The highest BCUT2D eigenvalue weighted by Gasteiger charge is 2.23. The first-order valence-corrected chi connectivity index (χ1v) is 10.8. The van der Waals surface area contributed by atoms with Crippen molar-refractivity contribution in [1.82, 2.24) is 9.36 Å². The van der Waals surface area contributed by atoms with E-state index in [0.717, 1.165) is 39.5 Å². The van der Waals surface area contributed by atoms with Crippen LogP contribution in [0.5, 0.6) is 5.75 Å². The lowest BCUT2D eigenvalue weighted by molar-refractivity contribution is -0.116. The van der Waals surface area contributed by atoms with Crippen LogP contribution in [0.25, 0.3) is 0 Å². The molecule has 2 aliphatic rings. The van der Waals surface area contributed by atoms with Crippen molar-refractivity contribution in [2.24, 2.45) is 4.99 Å². The Balaban J connectivity index is 1.38. The molecular weight excluding hydrogens is 376 g/mol. The largest absolute Gasteiger partial charge is 0.493 e. The van der Waals surface area contributed by atoms with Crippen LogP contribution in [0, 0.1) is 0 Å². The first-order valence-electron chi connectivity index (χ1n) is 7.85. The summed E-state index contributed by atoms with van der Waals surface area (Å²) in [5.74, 6) is 2.08. The molecule has 0 aliphatic carbocycles. The van der Waals surface area contributed by atoms with E-state index in [0.29, 0.717) is 12.4 Å². The van der Waals surface area contributed by atoms with Gasteiger partial charge in [0.1, 0.15) is 5.75 Å². The highest BCUT2D eigenvalue weighted by molar-refractivity contribution is 8.14. The number of aliphatic imine (C=N–C) groups is 1. The summed E-state index contributed by atoms with van der Waals surface area (Å²) in [6, 6.07) is 6.20. The van der Waals surface area contributed by atoms with Crippen LogP contribution in [0.1, 0.15) is 17.5 Å². The molecular formula is C16H16N4O2S3. The third kappa shape index (κ3) is 3.83. The summed E-state index contributed by atoms with van der Waals surface area (Å²) in [6.07, 6.45) is 3.23. The fourth-order valence-electron chi connectivity index (χ4n) is 2.73. The molecule has 0 bridgehead atoms. The van der Waals surface area contributed by atoms with Crippen LogP contribution in [-0.4, -0.2) is 45.0 Å². The second kappa shape index (κ2) is 7.35. The number of carbonyl (C=O) groups is 1. The number of rotatable bonds is 5. The number of benzene rings is 1. The van der Waals surface area contributed by atoms with E-state index < -0.39 is 0 Å². The van der Waals surface area contributed by atoms with E-state index in [1.54, 1.807) is 11.8 Å². The normalized spacial score (nSPS) is 18.6. The van der Waals surface area contributed by atoms with E-state index >= 15 is 0 Å². The summed E-state index contributed by atoms with van der Waals surface area (Å²) in [5, 5.41) is 3.76. The lowest BCUT2D eigenvalue weighted by Crippen LogP contribution is -2.19. The summed E-state index contributed by atoms with van der Waals surface area (Å²) in [4.78, 5) is 21.1. The summed E-state index contributed by atoms with van der Waals surface area (Å²) in [6.45, 7) is 0.754. The zero-order valence-corrected chi connectivity index (χ0v) is 16.0. The first kappa shape index (κ1) is 16.9. The number of hydrogen-bond donors (Lipinski definition) is 1. The van der Waals surface area contributed by atoms with E-state index in [9.17, 15) is 4.79 Å². The van der Waals surface area contributed by atoms with Crippen LogP contribution < -0.4 is 10.1 Å². The van der Waals surface area contributed by atoms with Gasteiger partial charge in [-0.25, -0.2) is 0 Å². The number of fused-ring (bicyclic) bond motifs is 1. The Morgan fingerprint density at radius 3 is 3.24 bits per heavy atom. The third-order valence-corrected chi connectivity index (χ3v) is 6.74. The minimum Gasteiger partial charge on any atom is -0.493 e. The number of hydrogen-bond acceptors (Lipinski definition) is 8. The zero-order valence-electron chi connectivity index (χ0n) is 13.5. The molecule has 0 radical (unpaired) electrons. The molecule has 6 nitrogen and oxygen atoms in total. The van der Waals surface area contributed by atoms with E-state index in [4.69, 9.17) is 9.73 Å². The summed E-state index contributed by atoms with van der Waals surface area (Å²) >= 11 is 4.50. The van der Waals surface area contributed by atoms with Crippen molar-refractivity contribution in [3.63, 3.8) is 0 Å². The van der Waals surface area contributed by atoms with Crippen molar-refractivity contribution in [1.29, 1.82) is 0 Å². The molecule has 0 saturated carbocycles. The Labute approximate surface area is 158 Å². The van der Waals surface area contributed by atoms with Crippen LogP contribution in [0.3, 0.4) is 0 Å². The highest BCUT2D eigenvalue weighted by Crippen LogP contribution is 2.30. The minimum atomic E-state index is -0.0941. The quantitative estimate of drug-likeness (QED) is 0.788. The smallest absolute Gasteiger partial charge is 0.242 e. The second-order valence-electron chi connectivity index (χ2n) is 5.66. The van der Waals surface area contributed by atoms with Gasteiger partial charge in [0.2, 0.25) is 11.9 Å². The van der Waals surface area contributed by atoms with Gasteiger partial charge < -0.3 is 4.74 Å². The van der Waals surface area contributed by atoms with Gasteiger partial charge in [0.05, 0.1) is 24.1 Å². The number of thioether (sulfide) groups is 2. The van der Waals surface area contributed by atoms with E-state index in [1.165, 1.54) is 28.9 Å². The molecule has 0 fully saturated rings.